The normalized spacial score (nSPS) is 15.1. The lowest BCUT2D eigenvalue weighted by Crippen LogP contribution is -2.45. The first-order chi connectivity index (χ1) is 8.72. The van der Waals surface area contributed by atoms with Gasteiger partial charge in [-0.2, -0.15) is 4.99 Å². The molecule has 0 bridgehead atoms. The number of ether oxygens (including phenoxy) is 1. The molecule has 0 saturated carbocycles. The van der Waals surface area contributed by atoms with Crippen molar-refractivity contribution in [1.29, 1.82) is 0 Å². The van der Waals surface area contributed by atoms with Crippen molar-refractivity contribution in [3.63, 3.8) is 0 Å². The number of rotatable bonds is 2. The van der Waals surface area contributed by atoms with Crippen LogP contribution in [0.5, 0.6) is 0 Å². The minimum absolute atomic E-state index is 0.0426. The van der Waals surface area contributed by atoms with Crippen molar-refractivity contribution in [2.45, 2.75) is 0 Å². The molecule has 18 heavy (non-hydrogen) atoms. The predicted octanol–water partition coefficient (Wildman–Crippen LogP) is 1.42. The van der Waals surface area contributed by atoms with Crippen LogP contribution in [0.1, 0.15) is 10.4 Å². The van der Waals surface area contributed by atoms with Crippen LogP contribution in [0.25, 0.3) is 0 Å². The van der Waals surface area contributed by atoms with Crippen molar-refractivity contribution in [3.05, 3.63) is 29.8 Å². The van der Waals surface area contributed by atoms with Gasteiger partial charge in [-0.1, -0.05) is 0 Å². The van der Waals surface area contributed by atoms with E-state index in [1.807, 2.05) is 0 Å². The predicted molar refractivity (Wildman–Crippen MR) is 68.0 cm³/mol. The molecule has 1 heterocycles. The number of morpholine rings is 1. The van der Waals surface area contributed by atoms with E-state index in [0.29, 0.717) is 17.9 Å². The van der Waals surface area contributed by atoms with Gasteiger partial charge < -0.3 is 4.74 Å². The van der Waals surface area contributed by atoms with Gasteiger partial charge in [-0.25, -0.2) is 0 Å². The maximum atomic E-state index is 12.1. The summed E-state index contributed by atoms with van der Waals surface area (Å²) in [4.78, 5) is 28.6. The standard InChI is InChI=1S/C12H10N2O3S/c15-11-7-17-6-5-14(11)12(16)9-1-3-10(4-2-9)13-8-18/h1-4H,5-7H2. The van der Waals surface area contributed by atoms with Crippen LogP contribution in [-0.4, -0.2) is 41.6 Å². The van der Waals surface area contributed by atoms with Crippen molar-refractivity contribution in [2.24, 2.45) is 4.99 Å². The van der Waals surface area contributed by atoms with E-state index in [4.69, 9.17) is 4.74 Å². The van der Waals surface area contributed by atoms with Gasteiger partial charge in [0.05, 0.1) is 24.0 Å². The summed E-state index contributed by atoms with van der Waals surface area (Å²) in [5.41, 5.74) is 1.06. The molecule has 1 aliphatic heterocycles. The Bertz CT molecular complexity index is 521. The number of nitrogens with zero attached hydrogens (tertiary/aromatic N) is 2. The second-order valence-corrected chi connectivity index (χ2v) is 3.84. The van der Waals surface area contributed by atoms with E-state index in [0.717, 1.165) is 0 Å². The highest BCUT2D eigenvalue weighted by Crippen LogP contribution is 2.14. The van der Waals surface area contributed by atoms with E-state index >= 15 is 0 Å². The lowest BCUT2D eigenvalue weighted by Gasteiger charge is -2.24. The first-order valence-electron chi connectivity index (χ1n) is 5.33. The maximum Gasteiger partial charge on any atom is 0.260 e. The van der Waals surface area contributed by atoms with Crippen LogP contribution in [0.3, 0.4) is 0 Å². The van der Waals surface area contributed by atoms with Crippen LogP contribution in [0.15, 0.2) is 29.3 Å². The molecule has 1 saturated heterocycles. The van der Waals surface area contributed by atoms with E-state index in [9.17, 15) is 9.59 Å². The molecule has 1 aliphatic rings. The highest BCUT2D eigenvalue weighted by atomic mass is 32.1. The Balaban J connectivity index is 2.17. The summed E-state index contributed by atoms with van der Waals surface area (Å²) in [5.74, 6) is -0.631. The average Bonchev–Trinajstić information content (AvgIpc) is 2.40. The molecule has 0 unspecified atom stereocenters. The zero-order valence-electron chi connectivity index (χ0n) is 9.46. The summed E-state index contributed by atoms with van der Waals surface area (Å²) in [6.45, 7) is 0.626. The Morgan fingerprint density at radius 2 is 2.11 bits per heavy atom. The summed E-state index contributed by atoms with van der Waals surface area (Å²) in [6, 6.07) is 6.52. The molecular weight excluding hydrogens is 252 g/mol. The number of hydrogen-bond donors (Lipinski definition) is 0. The molecule has 0 N–H and O–H groups in total. The number of amides is 2. The van der Waals surface area contributed by atoms with Crippen molar-refractivity contribution in [2.75, 3.05) is 19.8 Å². The molecule has 0 spiro atoms. The molecular formula is C12H10N2O3S. The minimum atomic E-state index is -0.318. The molecule has 6 heteroatoms. The molecule has 0 radical (unpaired) electrons. The number of carbonyl (C=O) groups is 2. The fourth-order valence-electron chi connectivity index (χ4n) is 1.62. The van der Waals surface area contributed by atoms with Crippen LogP contribution >= 0.6 is 12.2 Å². The fourth-order valence-corrected chi connectivity index (χ4v) is 1.73. The summed E-state index contributed by atoms with van der Waals surface area (Å²) >= 11 is 4.49. The van der Waals surface area contributed by atoms with Gasteiger partial charge in [0.15, 0.2) is 0 Å². The van der Waals surface area contributed by atoms with E-state index in [2.05, 4.69) is 22.4 Å². The number of isothiocyanates is 1. The Morgan fingerprint density at radius 1 is 1.39 bits per heavy atom. The van der Waals surface area contributed by atoms with Gasteiger partial charge in [-0.15, -0.1) is 0 Å². The highest BCUT2D eigenvalue weighted by molar-refractivity contribution is 7.78. The monoisotopic (exact) mass is 262 g/mol. The molecule has 2 rings (SSSR count). The number of thiocarbonyl (C=S) groups is 1. The molecule has 2 amide bonds. The molecule has 1 aromatic rings. The first-order valence-corrected chi connectivity index (χ1v) is 5.73. The minimum Gasteiger partial charge on any atom is -0.370 e. The van der Waals surface area contributed by atoms with Gasteiger partial charge in [0.25, 0.3) is 11.8 Å². The number of carbonyl (C=O) groups excluding carboxylic acids is 2. The van der Waals surface area contributed by atoms with Gasteiger partial charge in [0, 0.05) is 5.56 Å². The van der Waals surface area contributed by atoms with Crippen LogP contribution in [0, 0.1) is 0 Å². The number of benzene rings is 1. The van der Waals surface area contributed by atoms with Crippen LogP contribution < -0.4 is 0 Å². The van der Waals surface area contributed by atoms with E-state index in [1.165, 1.54) is 4.90 Å². The smallest absolute Gasteiger partial charge is 0.260 e. The van der Waals surface area contributed by atoms with Gasteiger partial charge in [0.1, 0.15) is 6.61 Å². The van der Waals surface area contributed by atoms with E-state index < -0.39 is 0 Å². The fraction of sp³-hybridized carbons (Fsp3) is 0.250. The molecule has 1 aromatic carbocycles. The van der Waals surface area contributed by atoms with Crippen molar-refractivity contribution < 1.29 is 14.3 Å². The molecule has 1 fully saturated rings. The molecule has 0 aliphatic carbocycles. The lowest BCUT2D eigenvalue weighted by atomic mass is 10.1. The van der Waals surface area contributed by atoms with Crippen molar-refractivity contribution in [3.8, 4) is 0 Å². The third-order valence-corrected chi connectivity index (χ3v) is 2.61. The van der Waals surface area contributed by atoms with Gasteiger partial charge in [-0.05, 0) is 36.5 Å². The quantitative estimate of drug-likeness (QED) is 0.459. The van der Waals surface area contributed by atoms with Crippen molar-refractivity contribution in [1.82, 2.24) is 4.90 Å². The molecule has 92 valence electrons. The van der Waals surface area contributed by atoms with Crippen molar-refractivity contribution >= 4 is 34.9 Å². The van der Waals surface area contributed by atoms with Crippen LogP contribution in [0.4, 0.5) is 5.69 Å². The largest absolute Gasteiger partial charge is 0.370 e. The molecule has 0 aromatic heterocycles. The molecule has 5 nitrogen and oxygen atoms in total. The SMILES string of the molecule is O=C1COCCN1C(=O)c1ccc(N=C=S)cc1. The van der Waals surface area contributed by atoms with Crippen LogP contribution in [-0.2, 0) is 9.53 Å². The zero-order chi connectivity index (χ0) is 13.0. The Hall–Kier alpha value is -1.88. The molecule has 0 atom stereocenters. The Kier molecular flexibility index (Phi) is 3.94. The highest BCUT2D eigenvalue weighted by Gasteiger charge is 2.25. The number of imide groups is 1. The van der Waals surface area contributed by atoms with Gasteiger partial charge >= 0.3 is 0 Å². The summed E-state index contributed by atoms with van der Waals surface area (Å²) in [6.07, 6.45) is 0. The second-order valence-electron chi connectivity index (χ2n) is 3.65. The number of aliphatic imine (C=N–C) groups is 1. The van der Waals surface area contributed by atoms with Crippen LogP contribution in [0.2, 0.25) is 0 Å². The van der Waals surface area contributed by atoms with E-state index in [-0.39, 0.29) is 25.0 Å². The van der Waals surface area contributed by atoms with E-state index in [1.54, 1.807) is 24.3 Å². The zero-order valence-corrected chi connectivity index (χ0v) is 10.3. The Morgan fingerprint density at radius 3 is 2.72 bits per heavy atom. The first kappa shape index (κ1) is 12.6. The van der Waals surface area contributed by atoms with Gasteiger partial charge in [0.2, 0.25) is 0 Å². The summed E-state index contributed by atoms with van der Waals surface area (Å²) in [5, 5.41) is 2.25. The summed E-state index contributed by atoms with van der Waals surface area (Å²) < 4.78 is 4.97. The van der Waals surface area contributed by atoms with Gasteiger partial charge in [-0.3, -0.25) is 14.5 Å². The lowest BCUT2D eigenvalue weighted by molar-refractivity contribution is -0.139. The maximum absolute atomic E-state index is 12.1. The number of hydrogen-bond acceptors (Lipinski definition) is 5. The third-order valence-electron chi connectivity index (χ3n) is 2.52. The topological polar surface area (TPSA) is 59.0 Å². The second kappa shape index (κ2) is 5.64. The Labute approximate surface area is 109 Å². The summed E-state index contributed by atoms with van der Waals surface area (Å²) in [7, 11) is 0. The average molecular weight is 262 g/mol. The third kappa shape index (κ3) is 2.68.